The number of likely N-dealkylation sites (tertiary alicyclic amines) is 1. The maximum absolute atomic E-state index is 15.1. The predicted molar refractivity (Wildman–Crippen MR) is 176 cm³/mol. The lowest BCUT2D eigenvalue weighted by atomic mass is 9.91. The van der Waals surface area contributed by atoms with Crippen LogP contribution in [0.25, 0.3) is 22.0 Å². The number of nitrogens with two attached hydrogens (primary N) is 1. The van der Waals surface area contributed by atoms with Gasteiger partial charge in [-0.3, -0.25) is 4.79 Å². The van der Waals surface area contributed by atoms with Crippen molar-refractivity contribution in [3.8, 4) is 11.1 Å². The average Bonchev–Trinajstić information content (AvgIpc) is 3.34. The highest BCUT2D eigenvalue weighted by Gasteiger charge is 2.30. The number of amides is 1. The van der Waals surface area contributed by atoms with Gasteiger partial charge in [0.05, 0.1) is 12.1 Å². The van der Waals surface area contributed by atoms with Crippen molar-refractivity contribution >= 4 is 22.8 Å². The van der Waals surface area contributed by atoms with Gasteiger partial charge >= 0.3 is 0 Å². The molecule has 2 aromatic heterocycles. The Hall–Kier alpha value is -3.86. The molecule has 240 valence electrons. The number of ether oxygens (including phenoxy) is 1. The summed E-state index contributed by atoms with van der Waals surface area (Å²) in [4.78, 5) is 24.1. The Balaban J connectivity index is 1.21. The number of carbonyl (C=O) groups is 1. The molecule has 5 rings (SSSR count). The van der Waals surface area contributed by atoms with Crippen molar-refractivity contribution in [2.75, 3.05) is 38.7 Å². The number of para-hydroxylation sites is 1. The molecule has 4 N–H and O–H groups in total. The molecule has 0 bridgehead atoms. The molecule has 0 radical (unpaired) electrons. The highest BCUT2D eigenvalue weighted by molar-refractivity contribution is 5.86. The second kappa shape index (κ2) is 14.9. The third-order valence-electron chi connectivity index (χ3n) is 8.75. The highest BCUT2D eigenvalue weighted by atomic mass is 19.1. The molecule has 1 saturated heterocycles. The van der Waals surface area contributed by atoms with E-state index in [1.54, 1.807) is 25.6 Å². The molecule has 4 aromatic rings. The van der Waals surface area contributed by atoms with Crippen LogP contribution >= 0.6 is 0 Å². The Bertz CT molecular complexity index is 1570. The highest BCUT2D eigenvalue weighted by Crippen LogP contribution is 2.37. The summed E-state index contributed by atoms with van der Waals surface area (Å²) < 4.78 is 22.5. The summed E-state index contributed by atoms with van der Waals surface area (Å²) in [5, 5.41) is 13.2. The Morgan fingerprint density at radius 2 is 1.93 bits per heavy atom. The normalized spacial score (nSPS) is 16.6. The van der Waals surface area contributed by atoms with E-state index in [0.29, 0.717) is 44.1 Å². The lowest BCUT2D eigenvalue weighted by Gasteiger charge is -2.34. The average molecular weight is 617 g/mol. The number of carbonyl (C=O) groups excluding carboxylic acids is 1. The van der Waals surface area contributed by atoms with E-state index in [9.17, 15) is 9.90 Å². The molecule has 3 heterocycles. The summed E-state index contributed by atoms with van der Waals surface area (Å²) in [5.74, 6) is 0.458. The van der Waals surface area contributed by atoms with E-state index in [2.05, 4.69) is 26.8 Å². The van der Waals surface area contributed by atoms with Crippen molar-refractivity contribution in [3.05, 3.63) is 77.5 Å². The maximum atomic E-state index is 15.1. The number of benzene rings is 2. The zero-order chi connectivity index (χ0) is 31.9. The van der Waals surface area contributed by atoms with Gasteiger partial charge in [0.1, 0.15) is 5.82 Å². The third kappa shape index (κ3) is 7.69. The molecule has 1 aliphatic heterocycles. The minimum Gasteiger partial charge on any atom is -0.394 e. The van der Waals surface area contributed by atoms with Crippen molar-refractivity contribution in [3.63, 3.8) is 0 Å². The van der Waals surface area contributed by atoms with E-state index in [1.165, 1.54) is 6.07 Å². The first-order valence-corrected chi connectivity index (χ1v) is 15.9. The van der Waals surface area contributed by atoms with Crippen molar-refractivity contribution in [2.45, 2.75) is 70.5 Å². The van der Waals surface area contributed by atoms with Gasteiger partial charge in [-0.15, -0.1) is 0 Å². The van der Waals surface area contributed by atoms with Crippen LogP contribution in [0.15, 0.2) is 54.9 Å². The molecule has 1 fully saturated rings. The van der Waals surface area contributed by atoms with E-state index >= 15 is 4.39 Å². The first-order valence-electron chi connectivity index (χ1n) is 15.9. The smallest absolute Gasteiger partial charge is 0.224 e. The number of aromatic nitrogens is 3. The second-order valence-corrected chi connectivity index (χ2v) is 12.2. The van der Waals surface area contributed by atoms with Crippen LogP contribution in [-0.4, -0.2) is 75.9 Å². The zero-order valence-electron chi connectivity index (χ0n) is 26.5. The molecule has 10 heteroatoms. The standard InChI is InChI=1S/C35H45FN6O3/c1-23(22-43)40-35-38-19-28(20-39-35)26-12-10-25(11-13-26)17-29(37)18-32(44)41-14-5-7-27(21-41)33-24(2)30-8-4-9-31(36)34(30)42(33)15-6-16-45-3/h4,8-13,19-20,23,27,29,43H,5-7,14-18,21-22,37H2,1-3H3,(H,38,39,40)/t23-,27?,29-/m1/s1. The molecule has 1 aliphatic rings. The van der Waals surface area contributed by atoms with Crippen LogP contribution in [0.1, 0.15) is 55.3 Å². The summed E-state index contributed by atoms with van der Waals surface area (Å²) in [6.07, 6.45) is 7.01. The lowest BCUT2D eigenvalue weighted by molar-refractivity contribution is -0.132. The van der Waals surface area contributed by atoms with Crippen LogP contribution in [-0.2, 0) is 22.5 Å². The van der Waals surface area contributed by atoms with Gasteiger partial charge < -0.3 is 30.4 Å². The van der Waals surface area contributed by atoms with E-state index in [4.69, 9.17) is 10.5 Å². The summed E-state index contributed by atoms with van der Waals surface area (Å²) >= 11 is 0. The number of aliphatic hydroxyl groups excluding tert-OH is 1. The fraction of sp³-hybridized carbons (Fsp3) is 0.457. The SMILES string of the molecule is COCCCn1c(C2CCCN(C(=O)C[C@H](N)Cc3ccc(-c4cnc(N[C@H](C)CO)nc4)cc3)C2)c(C)c2cccc(F)c21. The molecule has 0 saturated carbocycles. The number of halogens is 1. The Labute approximate surface area is 264 Å². The molecular formula is C35H45FN6O3. The number of hydrogen-bond acceptors (Lipinski definition) is 7. The Kier molecular flexibility index (Phi) is 10.8. The van der Waals surface area contributed by atoms with Crippen LogP contribution in [0.3, 0.4) is 0 Å². The third-order valence-corrected chi connectivity index (χ3v) is 8.75. The van der Waals surface area contributed by atoms with Gasteiger partial charge in [-0.25, -0.2) is 14.4 Å². The van der Waals surface area contributed by atoms with Crippen LogP contribution in [0, 0.1) is 12.7 Å². The van der Waals surface area contributed by atoms with Gasteiger partial charge in [0.2, 0.25) is 11.9 Å². The molecule has 3 atom stereocenters. The largest absolute Gasteiger partial charge is 0.394 e. The number of nitrogens with one attached hydrogen (secondary N) is 1. The van der Waals surface area contributed by atoms with Crippen LogP contribution < -0.4 is 11.1 Å². The number of nitrogens with zero attached hydrogens (tertiary/aromatic N) is 4. The van der Waals surface area contributed by atoms with Crippen LogP contribution in [0.4, 0.5) is 10.3 Å². The van der Waals surface area contributed by atoms with E-state index in [0.717, 1.165) is 52.6 Å². The minimum atomic E-state index is -0.303. The monoisotopic (exact) mass is 616 g/mol. The second-order valence-electron chi connectivity index (χ2n) is 12.2. The number of aryl methyl sites for hydroxylation is 2. The number of piperidine rings is 1. The van der Waals surface area contributed by atoms with Crippen molar-refractivity contribution < 1.29 is 19.0 Å². The predicted octanol–water partition coefficient (Wildman–Crippen LogP) is 5.04. The number of aliphatic hydroxyl groups is 1. The molecule has 2 aromatic carbocycles. The van der Waals surface area contributed by atoms with E-state index in [1.807, 2.05) is 42.2 Å². The number of anilines is 1. The molecule has 0 spiro atoms. The molecule has 45 heavy (non-hydrogen) atoms. The van der Waals surface area contributed by atoms with Gasteiger partial charge in [-0.05, 0) is 62.3 Å². The van der Waals surface area contributed by atoms with Crippen molar-refractivity contribution in [1.29, 1.82) is 0 Å². The van der Waals surface area contributed by atoms with E-state index < -0.39 is 0 Å². The summed E-state index contributed by atoms with van der Waals surface area (Å²) in [6.45, 7) is 6.53. The topological polar surface area (TPSA) is 119 Å². The Morgan fingerprint density at radius 1 is 1.18 bits per heavy atom. The van der Waals surface area contributed by atoms with Crippen molar-refractivity contribution in [1.82, 2.24) is 19.4 Å². The van der Waals surface area contributed by atoms with Gasteiger partial charge in [0.15, 0.2) is 0 Å². The maximum Gasteiger partial charge on any atom is 0.224 e. The van der Waals surface area contributed by atoms with Gasteiger partial charge in [0.25, 0.3) is 0 Å². The molecule has 0 aliphatic carbocycles. The molecule has 9 nitrogen and oxygen atoms in total. The summed E-state index contributed by atoms with van der Waals surface area (Å²) in [5.41, 5.74) is 12.3. The van der Waals surface area contributed by atoms with Crippen LogP contribution in [0.2, 0.25) is 0 Å². The van der Waals surface area contributed by atoms with Crippen LogP contribution in [0.5, 0.6) is 0 Å². The van der Waals surface area contributed by atoms with Gasteiger partial charge in [0, 0.05) is 86.8 Å². The van der Waals surface area contributed by atoms with Gasteiger partial charge in [-0.1, -0.05) is 36.4 Å². The fourth-order valence-electron chi connectivity index (χ4n) is 6.49. The molecular weight excluding hydrogens is 571 g/mol. The number of rotatable bonds is 13. The number of hydrogen-bond donors (Lipinski definition) is 3. The minimum absolute atomic E-state index is 0.00280. The van der Waals surface area contributed by atoms with Gasteiger partial charge in [-0.2, -0.15) is 0 Å². The fourth-order valence-corrected chi connectivity index (χ4v) is 6.49. The number of methoxy groups -OCH3 is 1. The first kappa shape index (κ1) is 32.5. The quantitative estimate of drug-likeness (QED) is 0.180. The summed E-state index contributed by atoms with van der Waals surface area (Å²) in [6, 6.07) is 12.9. The zero-order valence-corrected chi connectivity index (χ0v) is 26.5. The lowest BCUT2D eigenvalue weighted by Crippen LogP contribution is -2.42. The molecule has 1 unspecified atom stereocenters. The Morgan fingerprint density at radius 3 is 2.64 bits per heavy atom. The number of fused-ring (bicyclic) bond motifs is 1. The summed E-state index contributed by atoms with van der Waals surface area (Å²) in [7, 11) is 1.68. The molecule has 1 amide bonds. The van der Waals surface area contributed by atoms with E-state index in [-0.39, 0.29) is 42.8 Å². The van der Waals surface area contributed by atoms with Crippen molar-refractivity contribution in [2.24, 2.45) is 5.73 Å². The first-order chi connectivity index (χ1) is 21.8.